The smallest absolute Gasteiger partial charge is 0.309 e. The zero-order valence-corrected chi connectivity index (χ0v) is 13.0. The summed E-state index contributed by atoms with van der Waals surface area (Å²) in [6.07, 6.45) is 5.69. The lowest BCUT2D eigenvalue weighted by Gasteiger charge is -2.48. The van der Waals surface area contributed by atoms with Gasteiger partial charge < -0.3 is 19.5 Å². The molecule has 3 aliphatic rings. The minimum absolute atomic E-state index is 0.0225. The molecule has 1 unspecified atom stereocenters. The van der Waals surface area contributed by atoms with Crippen molar-refractivity contribution in [1.29, 1.82) is 0 Å². The van der Waals surface area contributed by atoms with Gasteiger partial charge in [0.05, 0.1) is 11.0 Å². The molecule has 3 rings (SSSR count). The Morgan fingerprint density at radius 2 is 1.81 bits per heavy atom. The average Bonchev–Trinajstić information content (AvgIpc) is 2.49. The highest BCUT2D eigenvalue weighted by atomic mass is 16.5. The van der Waals surface area contributed by atoms with Gasteiger partial charge in [0, 0.05) is 25.9 Å². The van der Waals surface area contributed by atoms with Crippen molar-refractivity contribution in [2.45, 2.75) is 57.1 Å². The molecule has 1 spiro atoms. The third kappa shape index (κ3) is 3.10. The molecule has 0 aromatic heterocycles. The zero-order chi connectivity index (χ0) is 14.9. The third-order valence-electron chi connectivity index (χ3n) is 5.81. The van der Waals surface area contributed by atoms with Gasteiger partial charge in [-0.25, -0.2) is 0 Å². The van der Waals surface area contributed by atoms with E-state index >= 15 is 0 Å². The molecule has 3 aliphatic heterocycles. The van der Waals surface area contributed by atoms with Crippen LogP contribution in [0, 0.1) is 5.41 Å². The summed E-state index contributed by atoms with van der Waals surface area (Å²) < 4.78 is 11.6. The van der Waals surface area contributed by atoms with Crippen LogP contribution in [0.4, 0.5) is 0 Å². The Morgan fingerprint density at radius 3 is 2.43 bits per heavy atom. The van der Waals surface area contributed by atoms with Crippen LogP contribution in [0.25, 0.3) is 0 Å². The number of carboxylic acid groups (broad SMARTS) is 1. The number of hydrogen-bond donors (Lipinski definition) is 1. The Morgan fingerprint density at radius 1 is 1.14 bits per heavy atom. The van der Waals surface area contributed by atoms with Crippen molar-refractivity contribution in [1.82, 2.24) is 4.90 Å². The minimum Gasteiger partial charge on any atom is -0.481 e. The Balaban J connectivity index is 1.59. The summed E-state index contributed by atoms with van der Waals surface area (Å²) in [4.78, 5) is 13.9. The summed E-state index contributed by atoms with van der Waals surface area (Å²) in [5, 5.41) is 9.34. The molecule has 0 aromatic carbocycles. The summed E-state index contributed by atoms with van der Waals surface area (Å²) in [5.74, 6) is -0.643. The van der Waals surface area contributed by atoms with Crippen LogP contribution in [-0.4, -0.2) is 60.5 Å². The standard InChI is InChI=1S/C16H27NO4/c1-15(14(18)19)3-7-17(8-4-15)13-2-9-21-16(12-13)5-10-20-11-6-16/h13H,2-12H2,1H3,(H,18,19). The number of carbonyl (C=O) groups is 1. The lowest BCUT2D eigenvalue weighted by atomic mass is 9.78. The number of rotatable bonds is 2. The monoisotopic (exact) mass is 297 g/mol. The molecule has 1 N–H and O–H groups in total. The van der Waals surface area contributed by atoms with Crippen molar-refractivity contribution < 1.29 is 19.4 Å². The molecule has 0 aliphatic carbocycles. The Bertz CT molecular complexity index is 378. The van der Waals surface area contributed by atoms with Crippen molar-refractivity contribution in [3.05, 3.63) is 0 Å². The zero-order valence-electron chi connectivity index (χ0n) is 13.0. The quantitative estimate of drug-likeness (QED) is 0.843. The number of hydrogen-bond acceptors (Lipinski definition) is 4. The van der Waals surface area contributed by atoms with Crippen LogP contribution >= 0.6 is 0 Å². The fraction of sp³-hybridized carbons (Fsp3) is 0.938. The second kappa shape index (κ2) is 5.86. The van der Waals surface area contributed by atoms with Crippen molar-refractivity contribution >= 4 is 5.97 Å². The van der Waals surface area contributed by atoms with Gasteiger partial charge in [-0.05, 0) is 58.5 Å². The van der Waals surface area contributed by atoms with Crippen molar-refractivity contribution in [2.24, 2.45) is 5.41 Å². The van der Waals surface area contributed by atoms with Gasteiger partial charge in [0.2, 0.25) is 0 Å². The summed E-state index contributed by atoms with van der Waals surface area (Å²) in [6, 6.07) is 0.551. The molecular weight excluding hydrogens is 270 g/mol. The van der Waals surface area contributed by atoms with Gasteiger partial charge in [0.25, 0.3) is 0 Å². The molecule has 5 nitrogen and oxygen atoms in total. The molecule has 1 atom stereocenters. The number of ether oxygens (including phenoxy) is 2. The maximum Gasteiger partial charge on any atom is 0.309 e. The third-order valence-corrected chi connectivity index (χ3v) is 5.81. The molecule has 3 saturated heterocycles. The SMILES string of the molecule is CC1(C(=O)O)CCN(C2CCOC3(CCOCC3)C2)CC1. The second-order valence-electron chi connectivity index (χ2n) is 7.19. The predicted molar refractivity (Wildman–Crippen MR) is 78.3 cm³/mol. The van der Waals surface area contributed by atoms with Gasteiger partial charge in [0.1, 0.15) is 0 Å². The molecule has 3 fully saturated rings. The topological polar surface area (TPSA) is 59.0 Å². The molecule has 0 radical (unpaired) electrons. The van der Waals surface area contributed by atoms with Crippen LogP contribution in [0.2, 0.25) is 0 Å². The van der Waals surface area contributed by atoms with Crippen LogP contribution in [0.3, 0.4) is 0 Å². The summed E-state index contributed by atoms with van der Waals surface area (Å²) in [6.45, 7) is 6.14. The van der Waals surface area contributed by atoms with Crippen LogP contribution in [0.1, 0.15) is 45.4 Å². The van der Waals surface area contributed by atoms with E-state index in [9.17, 15) is 9.90 Å². The number of piperidine rings is 1. The Labute approximate surface area is 126 Å². The lowest BCUT2D eigenvalue weighted by Crippen LogP contribution is -2.54. The molecule has 0 saturated carbocycles. The maximum atomic E-state index is 11.3. The fourth-order valence-electron chi connectivity index (χ4n) is 4.00. The van der Waals surface area contributed by atoms with E-state index in [1.807, 2.05) is 6.92 Å². The minimum atomic E-state index is -0.643. The van der Waals surface area contributed by atoms with Gasteiger partial charge in [-0.2, -0.15) is 0 Å². The van der Waals surface area contributed by atoms with Crippen molar-refractivity contribution in [3.63, 3.8) is 0 Å². The molecule has 5 heteroatoms. The first-order valence-corrected chi connectivity index (χ1v) is 8.22. The first-order valence-electron chi connectivity index (χ1n) is 8.22. The van der Waals surface area contributed by atoms with Crippen molar-refractivity contribution in [2.75, 3.05) is 32.9 Å². The average molecular weight is 297 g/mol. The number of nitrogens with zero attached hydrogens (tertiary/aromatic N) is 1. The number of likely N-dealkylation sites (tertiary alicyclic amines) is 1. The van der Waals surface area contributed by atoms with Crippen LogP contribution in [0.5, 0.6) is 0 Å². The summed E-state index contributed by atoms with van der Waals surface area (Å²) >= 11 is 0. The summed E-state index contributed by atoms with van der Waals surface area (Å²) in [5.41, 5.74) is -0.507. The van der Waals surface area contributed by atoms with E-state index in [1.54, 1.807) is 0 Å². The highest BCUT2D eigenvalue weighted by Crippen LogP contribution is 2.39. The molecule has 3 heterocycles. The summed E-state index contributed by atoms with van der Waals surface area (Å²) in [7, 11) is 0. The molecule has 0 aromatic rings. The van der Waals surface area contributed by atoms with Crippen molar-refractivity contribution in [3.8, 4) is 0 Å². The fourth-order valence-corrected chi connectivity index (χ4v) is 4.00. The van der Waals surface area contributed by atoms with Crippen LogP contribution < -0.4 is 0 Å². The van der Waals surface area contributed by atoms with E-state index in [4.69, 9.17) is 9.47 Å². The molecule has 120 valence electrons. The normalized spacial score (nSPS) is 32.9. The van der Waals surface area contributed by atoms with Gasteiger partial charge in [-0.15, -0.1) is 0 Å². The van der Waals surface area contributed by atoms with Gasteiger partial charge in [-0.1, -0.05) is 0 Å². The van der Waals surface area contributed by atoms with E-state index < -0.39 is 11.4 Å². The van der Waals surface area contributed by atoms with Gasteiger partial charge in [0.15, 0.2) is 0 Å². The van der Waals surface area contributed by atoms with E-state index in [1.165, 1.54) is 0 Å². The number of carboxylic acids is 1. The lowest BCUT2D eigenvalue weighted by molar-refractivity contribution is -0.160. The predicted octanol–water partition coefficient (Wildman–Crippen LogP) is 1.90. The van der Waals surface area contributed by atoms with E-state index in [0.717, 1.165) is 71.4 Å². The molecule has 0 bridgehead atoms. The molecule has 0 amide bonds. The molecule has 21 heavy (non-hydrogen) atoms. The second-order valence-corrected chi connectivity index (χ2v) is 7.19. The van der Waals surface area contributed by atoms with Gasteiger partial charge in [-0.3, -0.25) is 4.79 Å². The van der Waals surface area contributed by atoms with E-state index in [0.29, 0.717) is 6.04 Å². The first kappa shape index (κ1) is 15.3. The molecular formula is C16H27NO4. The van der Waals surface area contributed by atoms with Gasteiger partial charge >= 0.3 is 5.97 Å². The Hall–Kier alpha value is -0.650. The highest BCUT2D eigenvalue weighted by Gasteiger charge is 2.43. The van der Waals surface area contributed by atoms with E-state index in [-0.39, 0.29) is 5.60 Å². The number of aliphatic carboxylic acids is 1. The highest BCUT2D eigenvalue weighted by molar-refractivity contribution is 5.74. The van der Waals surface area contributed by atoms with E-state index in [2.05, 4.69) is 4.90 Å². The van der Waals surface area contributed by atoms with Crippen LogP contribution in [-0.2, 0) is 14.3 Å². The van der Waals surface area contributed by atoms with Crippen LogP contribution in [0.15, 0.2) is 0 Å². The maximum absolute atomic E-state index is 11.3. The largest absolute Gasteiger partial charge is 0.481 e. The Kier molecular flexibility index (Phi) is 4.26. The first-order chi connectivity index (χ1) is 10.0.